The summed E-state index contributed by atoms with van der Waals surface area (Å²) < 4.78 is 1.21. The quantitative estimate of drug-likeness (QED) is 0.601. The van der Waals surface area contributed by atoms with E-state index in [0.29, 0.717) is 0 Å². The lowest BCUT2D eigenvalue weighted by Gasteiger charge is -2.29. The molecule has 0 unspecified atom stereocenters. The largest absolute Gasteiger partial charge is 0.397 e. The number of benzene rings is 1. The van der Waals surface area contributed by atoms with E-state index in [0.717, 1.165) is 17.9 Å². The van der Waals surface area contributed by atoms with Gasteiger partial charge < -0.3 is 15.5 Å². The highest BCUT2D eigenvalue weighted by atomic mass is 15.3. The fourth-order valence-corrected chi connectivity index (χ4v) is 2.44. The standard InChI is InChI=1S/C13H22N3/c1-16(9-4-5-10-16)11-8-15-13-7-3-2-6-12(13)14/h2-3,6-7,15H,4-5,8-11,14H2,1H3/q+1. The number of nitrogen functional groups attached to an aromatic ring is 1. The van der Waals surface area contributed by atoms with E-state index in [1.165, 1.54) is 37.0 Å². The average Bonchev–Trinajstić information content (AvgIpc) is 2.68. The normalized spacial score (nSPS) is 18.6. The summed E-state index contributed by atoms with van der Waals surface area (Å²) in [5.74, 6) is 0. The predicted octanol–water partition coefficient (Wildman–Crippen LogP) is 1.92. The molecule has 0 bridgehead atoms. The first-order chi connectivity index (χ1) is 7.70. The molecule has 0 atom stereocenters. The Kier molecular flexibility index (Phi) is 3.34. The number of para-hydroxylation sites is 2. The molecule has 2 rings (SSSR count). The molecule has 1 saturated heterocycles. The third-order valence-corrected chi connectivity index (χ3v) is 3.57. The van der Waals surface area contributed by atoms with Crippen LogP contribution in [0.1, 0.15) is 12.8 Å². The van der Waals surface area contributed by atoms with Gasteiger partial charge in [-0.2, -0.15) is 0 Å². The van der Waals surface area contributed by atoms with Crippen molar-refractivity contribution in [2.75, 3.05) is 44.3 Å². The fourth-order valence-electron chi connectivity index (χ4n) is 2.44. The SMILES string of the molecule is C[N+]1(CCNc2ccccc2N)CCCC1. The molecule has 16 heavy (non-hydrogen) atoms. The van der Waals surface area contributed by atoms with Gasteiger partial charge in [0.05, 0.1) is 44.6 Å². The molecule has 0 aromatic heterocycles. The summed E-state index contributed by atoms with van der Waals surface area (Å²) in [5.41, 5.74) is 7.78. The molecule has 1 aliphatic rings. The number of quaternary nitrogens is 1. The van der Waals surface area contributed by atoms with Crippen molar-refractivity contribution in [3.63, 3.8) is 0 Å². The fraction of sp³-hybridized carbons (Fsp3) is 0.538. The average molecular weight is 220 g/mol. The minimum absolute atomic E-state index is 0.839. The van der Waals surface area contributed by atoms with Gasteiger partial charge in [-0.05, 0) is 12.1 Å². The molecule has 0 spiro atoms. The van der Waals surface area contributed by atoms with Gasteiger partial charge in [0.15, 0.2) is 0 Å². The molecule has 0 amide bonds. The number of nitrogens with two attached hydrogens (primary N) is 1. The second-order valence-electron chi connectivity index (χ2n) is 5.01. The van der Waals surface area contributed by atoms with E-state index in [2.05, 4.69) is 12.4 Å². The van der Waals surface area contributed by atoms with Crippen LogP contribution in [0.4, 0.5) is 11.4 Å². The lowest BCUT2D eigenvalue weighted by Crippen LogP contribution is -2.44. The lowest BCUT2D eigenvalue weighted by molar-refractivity contribution is -0.895. The first-order valence-corrected chi connectivity index (χ1v) is 6.12. The molecular formula is C13H22N3+. The Morgan fingerprint density at radius 2 is 1.94 bits per heavy atom. The maximum atomic E-state index is 5.88. The minimum atomic E-state index is 0.839. The third-order valence-electron chi connectivity index (χ3n) is 3.57. The first-order valence-electron chi connectivity index (χ1n) is 6.12. The number of hydrogen-bond acceptors (Lipinski definition) is 2. The third kappa shape index (κ3) is 2.67. The zero-order valence-corrected chi connectivity index (χ0v) is 10.1. The van der Waals surface area contributed by atoms with Crippen molar-refractivity contribution in [3.05, 3.63) is 24.3 Å². The van der Waals surface area contributed by atoms with Gasteiger partial charge in [-0.15, -0.1) is 0 Å². The van der Waals surface area contributed by atoms with E-state index in [9.17, 15) is 0 Å². The molecule has 3 N–H and O–H groups in total. The minimum Gasteiger partial charge on any atom is -0.397 e. The monoisotopic (exact) mass is 220 g/mol. The lowest BCUT2D eigenvalue weighted by atomic mass is 10.2. The van der Waals surface area contributed by atoms with Crippen LogP contribution >= 0.6 is 0 Å². The Morgan fingerprint density at radius 3 is 2.62 bits per heavy atom. The number of nitrogens with one attached hydrogen (secondary N) is 1. The summed E-state index contributed by atoms with van der Waals surface area (Å²) in [7, 11) is 2.35. The Balaban J connectivity index is 1.82. The van der Waals surface area contributed by atoms with E-state index in [-0.39, 0.29) is 0 Å². The number of hydrogen-bond donors (Lipinski definition) is 2. The molecule has 1 aromatic carbocycles. The molecule has 1 fully saturated rings. The second kappa shape index (κ2) is 4.74. The van der Waals surface area contributed by atoms with Crippen LogP contribution in [-0.2, 0) is 0 Å². The molecule has 3 nitrogen and oxygen atoms in total. The van der Waals surface area contributed by atoms with E-state index >= 15 is 0 Å². The van der Waals surface area contributed by atoms with Crippen molar-refractivity contribution in [1.29, 1.82) is 0 Å². The molecule has 3 heteroatoms. The first kappa shape index (κ1) is 11.3. The van der Waals surface area contributed by atoms with Crippen LogP contribution in [0.15, 0.2) is 24.3 Å². The topological polar surface area (TPSA) is 38.0 Å². The van der Waals surface area contributed by atoms with Gasteiger partial charge in [0.25, 0.3) is 0 Å². The van der Waals surface area contributed by atoms with E-state index < -0.39 is 0 Å². The van der Waals surface area contributed by atoms with Crippen LogP contribution in [0, 0.1) is 0 Å². The summed E-state index contributed by atoms with van der Waals surface area (Å²) in [5, 5.41) is 3.42. The van der Waals surface area contributed by atoms with Gasteiger partial charge in [0.2, 0.25) is 0 Å². The van der Waals surface area contributed by atoms with Gasteiger partial charge in [-0.3, -0.25) is 0 Å². The molecule has 0 radical (unpaired) electrons. The highest BCUT2D eigenvalue weighted by Crippen LogP contribution is 2.18. The molecule has 1 aliphatic heterocycles. The van der Waals surface area contributed by atoms with Gasteiger partial charge in [-0.25, -0.2) is 0 Å². The van der Waals surface area contributed by atoms with Crippen molar-refractivity contribution < 1.29 is 4.48 Å². The number of likely N-dealkylation sites (tertiary alicyclic amines) is 1. The molecule has 0 aliphatic carbocycles. The molecular weight excluding hydrogens is 198 g/mol. The number of rotatable bonds is 4. The van der Waals surface area contributed by atoms with Gasteiger partial charge in [-0.1, -0.05) is 12.1 Å². The summed E-state index contributed by atoms with van der Waals surface area (Å²) in [4.78, 5) is 0. The summed E-state index contributed by atoms with van der Waals surface area (Å²) in [6.45, 7) is 4.84. The van der Waals surface area contributed by atoms with E-state index in [4.69, 9.17) is 5.73 Å². The zero-order valence-electron chi connectivity index (χ0n) is 10.1. The van der Waals surface area contributed by atoms with Crippen molar-refractivity contribution in [2.45, 2.75) is 12.8 Å². The highest BCUT2D eigenvalue weighted by molar-refractivity contribution is 5.65. The summed E-state index contributed by atoms with van der Waals surface area (Å²) >= 11 is 0. The maximum Gasteiger partial charge on any atom is 0.0960 e. The molecule has 0 saturated carbocycles. The van der Waals surface area contributed by atoms with Crippen LogP contribution in [0.3, 0.4) is 0 Å². The van der Waals surface area contributed by atoms with E-state index in [1.807, 2.05) is 24.3 Å². The van der Waals surface area contributed by atoms with Gasteiger partial charge in [0.1, 0.15) is 0 Å². The van der Waals surface area contributed by atoms with Crippen molar-refractivity contribution in [1.82, 2.24) is 0 Å². The summed E-state index contributed by atoms with van der Waals surface area (Å²) in [6, 6.07) is 7.97. The Hall–Kier alpha value is -1.22. The predicted molar refractivity (Wildman–Crippen MR) is 69.4 cm³/mol. The Labute approximate surface area is 97.8 Å². The number of nitrogens with zero attached hydrogens (tertiary/aromatic N) is 1. The molecule has 1 heterocycles. The van der Waals surface area contributed by atoms with Crippen molar-refractivity contribution in [3.8, 4) is 0 Å². The van der Waals surface area contributed by atoms with Crippen LogP contribution in [0.5, 0.6) is 0 Å². The Bertz CT molecular complexity index is 343. The van der Waals surface area contributed by atoms with Crippen LogP contribution in [0.25, 0.3) is 0 Å². The molecule has 1 aromatic rings. The number of likely N-dealkylation sites (N-methyl/N-ethyl adjacent to an activating group) is 1. The van der Waals surface area contributed by atoms with Crippen LogP contribution in [-0.4, -0.2) is 37.7 Å². The second-order valence-corrected chi connectivity index (χ2v) is 5.01. The zero-order chi connectivity index (χ0) is 11.4. The van der Waals surface area contributed by atoms with Crippen molar-refractivity contribution in [2.24, 2.45) is 0 Å². The smallest absolute Gasteiger partial charge is 0.0960 e. The van der Waals surface area contributed by atoms with Gasteiger partial charge >= 0.3 is 0 Å². The van der Waals surface area contributed by atoms with E-state index in [1.54, 1.807) is 0 Å². The maximum absolute atomic E-state index is 5.88. The highest BCUT2D eigenvalue weighted by Gasteiger charge is 2.25. The number of anilines is 2. The van der Waals surface area contributed by atoms with Crippen molar-refractivity contribution >= 4 is 11.4 Å². The Morgan fingerprint density at radius 1 is 1.25 bits per heavy atom. The van der Waals surface area contributed by atoms with Crippen LogP contribution < -0.4 is 11.1 Å². The van der Waals surface area contributed by atoms with Crippen LogP contribution in [0.2, 0.25) is 0 Å². The molecule has 88 valence electrons. The summed E-state index contributed by atoms with van der Waals surface area (Å²) in [6.07, 6.45) is 2.76. The van der Waals surface area contributed by atoms with Gasteiger partial charge in [0, 0.05) is 12.8 Å².